The molecule has 1 aromatic carbocycles. The van der Waals surface area contributed by atoms with Crippen molar-refractivity contribution in [2.75, 3.05) is 32.8 Å². The minimum atomic E-state index is -0.323. The van der Waals surface area contributed by atoms with Crippen molar-refractivity contribution in [2.45, 2.75) is 20.5 Å². The minimum absolute atomic E-state index is 0.0848. The van der Waals surface area contributed by atoms with Gasteiger partial charge in [0, 0.05) is 43.2 Å². The van der Waals surface area contributed by atoms with Crippen LogP contribution in [-0.2, 0) is 16.1 Å². The third-order valence-corrected chi connectivity index (χ3v) is 5.31. The third-order valence-electron chi connectivity index (χ3n) is 4.48. The zero-order chi connectivity index (χ0) is 20.6. The molecule has 1 aliphatic heterocycles. The molecule has 2 aromatic rings. The van der Waals surface area contributed by atoms with Gasteiger partial charge in [-0.2, -0.15) is 0 Å². The van der Waals surface area contributed by atoms with Gasteiger partial charge in [0.2, 0.25) is 5.91 Å². The van der Waals surface area contributed by atoms with Crippen LogP contribution in [-0.4, -0.2) is 59.6 Å². The largest absolute Gasteiger partial charge is 0.487 e. The van der Waals surface area contributed by atoms with E-state index in [1.54, 1.807) is 40.2 Å². The van der Waals surface area contributed by atoms with Crippen molar-refractivity contribution in [1.29, 1.82) is 0 Å². The molecule has 0 N–H and O–H groups in total. The second-order valence-electron chi connectivity index (χ2n) is 6.53. The van der Waals surface area contributed by atoms with Gasteiger partial charge in [-0.15, -0.1) is 11.3 Å². The number of hydrogen-bond acceptors (Lipinski definition) is 6. The number of rotatable bonds is 6. The first kappa shape index (κ1) is 20.9. The van der Waals surface area contributed by atoms with Crippen LogP contribution in [0, 0.1) is 6.92 Å². The maximum Gasteiger partial charge on any atom is 0.409 e. The van der Waals surface area contributed by atoms with E-state index in [-0.39, 0.29) is 12.0 Å². The van der Waals surface area contributed by atoms with Crippen LogP contribution in [0.3, 0.4) is 0 Å². The predicted octanol–water partition coefficient (Wildman–Crippen LogP) is 3.34. The molecule has 7 nitrogen and oxygen atoms in total. The van der Waals surface area contributed by atoms with E-state index in [1.165, 1.54) is 0 Å². The van der Waals surface area contributed by atoms with Crippen LogP contribution in [0.15, 0.2) is 35.7 Å². The molecule has 0 atom stereocenters. The van der Waals surface area contributed by atoms with Crippen molar-refractivity contribution in [3.05, 3.63) is 52.0 Å². The summed E-state index contributed by atoms with van der Waals surface area (Å²) >= 11 is 1.59. The molecule has 3 rings (SSSR count). The van der Waals surface area contributed by atoms with Crippen LogP contribution in [0.1, 0.15) is 23.2 Å². The van der Waals surface area contributed by atoms with E-state index in [2.05, 4.69) is 4.98 Å². The molecule has 1 saturated heterocycles. The first-order valence-electron chi connectivity index (χ1n) is 9.58. The average molecular weight is 416 g/mol. The highest BCUT2D eigenvalue weighted by Crippen LogP contribution is 2.21. The number of carbonyl (C=O) groups is 2. The van der Waals surface area contributed by atoms with Gasteiger partial charge in [0.15, 0.2) is 0 Å². The van der Waals surface area contributed by atoms with E-state index < -0.39 is 0 Å². The number of aryl methyl sites for hydroxylation is 1. The molecule has 1 fully saturated rings. The van der Waals surface area contributed by atoms with Crippen LogP contribution in [0.25, 0.3) is 6.08 Å². The second kappa shape index (κ2) is 10.1. The number of ether oxygens (including phenoxy) is 2. The zero-order valence-electron chi connectivity index (χ0n) is 16.7. The van der Waals surface area contributed by atoms with Gasteiger partial charge in [-0.05, 0) is 26.0 Å². The Balaban J connectivity index is 1.56. The molecule has 0 bridgehead atoms. The highest BCUT2D eigenvalue weighted by molar-refractivity contribution is 7.09. The number of para-hydroxylation sites is 1. The van der Waals surface area contributed by atoms with Gasteiger partial charge in [0.05, 0.1) is 17.3 Å². The monoisotopic (exact) mass is 415 g/mol. The van der Waals surface area contributed by atoms with Crippen LogP contribution < -0.4 is 4.74 Å². The van der Waals surface area contributed by atoms with E-state index in [0.717, 1.165) is 16.3 Å². The van der Waals surface area contributed by atoms with Crippen molar-refractivity contribution in [1.82, 2.24) is 14.8 Å². The number of carbonyl (C=O) groups excluding carboxylic acids is 2. The molecule has 0 spiro atoms. The van der Waals surface area contributed by atoms with Crippen LogP contribution in [0.4, 0.5) is 4.79 Å². The van der Waals surface area contributed by atoms with Gasteiger partial charge in [-0.25, -0.2) is 9.78 Å². The smallest absolute Gasteiger partial charge is 0.409 e. The van der Waals surface area contributed by atoms with Crippen molar-refractivity contribution in [3.8, 4) is 5.75 Å². The number of thiazole rings is 1. The number of aromatic nitrogens is 1. The Bertz CT molecular complexity index is 872. The number of nitrogens with zero attached hydrogens (tertiary/aromatic N) is 3. The Hall–Kier alpha value is -2.87. The fraction of sp³-hybridized carbons (Fsp3) is 0.381. The molecule has 2 amide bonds. The summed E-state index contributed by atoms with van der Waals surface area (Å²) in [5, 5.41) is 2.98. The Kier molecular flexibility index (Phi) is 7.24. The Morgan fingerprint density at radius 1 is 1.17 bits per heavy atom. The first-order valence-corrected chi connectivity index (χ1v) is 10.5. The molecular weight excluding hydrogens is 390 g/mol. The molecule has 8 heteroatoms. The van der Waals surface area contributed by atoms with Gasteiger partial charge in [-0.3, -0.25) is 4.79 Å². The number of piperazine rings is 1. The SMILES string of the molecule is CCOC(=O)N1CCN(C(=O)/C=C/c2ccccc2OCc2csc(C)n2)CC1. The van der Waals surface area contributed by atoms with E-state index >= 15 is 0 Å². The van der Waals surface area contributed by atoms with E-state index in [4.69, 9.17) is 9.47 Å². The predicted molar refractivity (Wildman–Crippen MR) is 112 cm³/mol. The lowest BCUT2D eigenvalue weighted by molar-refractivity contribution is -0.127. The molecular formula is C21H25N3O4S. The van der Waals surface area contributed by atoms with E-state index in [1.807, 2.05) is 36.6 Å². The van der Waals surface area contributed by atoms with E-state index in [0.29, 0.717) is 45.1 Å². The molecule has 0 aliphatic carbocycles. The molecule has 0 unspecified atom stereocenters. The zero-order valence-corrected chi connectivity index (χ0v) is 17.5. The van der Waals surface area contributed by atoms with E-state index in [9.17, 15) is 9.59 Å². The maximum atomic E-state index is 12.5. The summed E-state index contributed by atoms with van der Waals surface area (Å²) in [5.41, 5.74) is 1.72. The molecule has 1 aromatic heterocycles. The number of benzene rings is 1. The minimum Gasteiger partial charge on any atom is -0.487 e. The summed E-state index contributed by atoms with van der Waals surface area (Å²) in [6.45, 7) is 6.41. The van der Waals surface area contributed by atoms with Crippen LogP contribution >= 0.6 is 11.3 Å². The first-order chi connectivity index (χ1) is 14.1. The quantitative estimate of drug-likeness (QED) is 0.677. The highest BCUT2D eigenvalue weighted by Gasteiger charge is 2.23. The summed E-state index contributed by atoms with van der Waals surface area (Å²) in [5.74, 6) is 0.618. The highest BCUT2D eigenvalue weighted by atomic mass is 32.1. The summed E-state index contributed by atoms with van der Waals surface area (Å²) in [6.07, 6.45) is 2.99. The lowest BCUT2D eigenvalue weighted by Crippen LogP contribution is -2.50. The van der Waals surface area contributed by atoms with Crippen molar-refractivity contribution >= 4 is 29.4 Å². The molecule has 0 saturated carbocycles. The molecule has 2 heterocycles. The average Bonchev–Trinajstić information content (AvgIpc) is 3.16. The Morgan fingerprint density at radius 2 is 1.90 bits per heavy atom. The lowest BCUT2D eigenvalue weighted by atomic mass is 10.2. The standard InChI is InChI=1S/C21H25N3O4S/c1-3-27-21(26)24-12-10-23(11-13-24)20(25)9-8-17-6-4-5-7-19(17)28-14-18-15-29-16(2)22-18/h4-9,15H,3,10-14H2,1-2H3/b9-8+. The van der Waals surface area contributed by atoms with Crippen molar-refractivity contribution in [2.24, 2.45) is 0 Å². The van der Waals surface area contributed by atoms with Gasteiger partial charge in [0.25, 0.3) is 0 Å². The van der Waals surface area contributed by atoms with Gasteiger partial charge in [-0.1, -0.05) is 18.2 Å². The normalized spacial score (nSPS) is 14.3. The third kappa shape index (κ3) is 5.80. The fourth-order valence-corrected chi connectivity index (χ4v) is 3.56. The van der Waals surface area contributed by atoms with Crippen LogP contribution in [0.5, 0.6) is 5.75 Å². The Morgan fingerprint density at radius 3 is 2.59 bits per heavy atom. The van der Waals surface area contributed by atoms with Crippen molar-refractivity contribution in [3.63, 3.8) is 0 Å². The van der Waals surface area contributed by atoms with Crippen molar-refractivity contribution < 1.29 is 19.1 Å². The van der Waals surface area contributed by atoms with Gasteiger partial charge < -0.3 is 19.3 Å². The van der Waals surface area contributed by atoms with Gasteiger partial charge >= 0.3 is 6.09 Å². The topological polar surface area (TPSA) is 72.0 Å². The summed E-state index contributed by atoms with van der Waals surface area (Å²) in [6, 6.07) is 7.59. The summed E-state index contributed by atoms with van der Waals surface area (Å²) < 4.78 is 10.9. The molecule has 0 radical (unpaired) electrons. The summed E-state index contributed by atoms with van der Waals surface area (Å²) in [4.78, 5) is 32.0. The van der Waals surface area contributed by atoms with Gasteiger partial charge in [0.1, 0.15) is 12.4 Å². The maximum absolute atomic E-state index is 12.5. The Labute approximate surface area is 174 Å². The number of hydrogen-bond donors (Lipinski definition) is 0. The van der Waals surface area contributed by atoms with Crippen LogP contribution in [0.2, 0.25) is 0 Å². The second-order valence-corrected chi connectivity index (χ2v) is 7.59. The number of amides is 2. The molecule has 154 valence electrons. The fourth-order valence-electron chi connectivity index (χ4n) is 2.97. The lowest BCUT2D eigenvalue weighted by Gasteiger charge is -2.33. The molecule has 29 heavy (non-hydrogen) atoms. The molecule has 1 aliphatic rings. The summed E-state index contributed by atoms with van der Waals surface area (Å²) in [7, 11) is 0.